The summed E-state index contributed by atoms with van der Waals surface area (Å²) >= 11 is 0. The third kappa shape index (κ3) is 3.31. The van der Waals surface area contributed by atoms with E-state index in [0.29, 0.717) is 18.1 Å². The zero-order valence-electron chi connectivity index (χ0n) is 15.2. The van der Waals surface area contributed by atoms with E-state index >= 15 is 0 Å². The molecule has 4 rings (SSSR count). The van der Waals surface area contributed by atoms with Crippen molar-refractivity contribution >= 4 is 11.9 Å². The van der Waals surface area contributed by atoms with Crippen molar-refractivity contribution in [3.63, 3.8) is 0 Å². The zero-order valence-corrected chi connectivity index (χ0v) is 15.2. The lowest BCUT2D eigenvalue weighted by Crippen LogP contribution is -2.34. The molecule has 0 saturated heterocycles. The highest BCUT2D eigenvalue weighted by atomic mass is 16.1. The number of amides is 1. The number of anilines is 1. The quantitative estimate of drug-likeness (QED) is 0.747. The number of aromatic nitrogens is 4. The molecule has 0 saturated carbocycles. The van der Waals surface area contributed by atoms with E-state index in [9.17, 15) is 4.79 Å². The molecule has 0 spiro atoms. The van der Waals surface area contributed by atoms with Crippen LogP contribution >= 0.6 is 0 Å². The van der Waals surface area contributed by atoms with E-state index in [1.807, 2.05) is 68.4 Å². The van der Waals surface area contributed by atoms with E-state index in [4.69, 9.17) is 0 Å². The summed E-state index contributed by atoms with van der Waals surface area (Å²) in [4.78, 5) is 13.1. The van der Waals surface area contributed by atoms with Crippen molar-refractivity contribution in [1.82, 2.24) is 25.5 Å². The lowest BCUT2D eigenvalue weighted by atomic mass is 9.94. The predicted molar refractivity (Wildman–Crippen MR) is 102 cm³/mol. The maximum absolute atomic E-state index is 13.1. The van der Waals surface area contributed by atoms with Crippen LogP contribution in [0.3, 0.4) is 0 Å². The second-order valence-electron chi connectivity index (χ2n) is 6.59. The standard InChI is InChI=1S/C20H20N6O/c1-13-8-10-16(11-9-13)18-17(14(2)22-20-23-24-25-26(18)20)19(27)21-12-15-6-4-3-5-7-15/h3-11,18H,12H2,1-2H3,(H,21,27)(H,22,23,25)/t18-/m0/s1. The number of fused-ring (bicyclic) bond motifs is 1. The molecule has 2 N–H and O–H groups in total. The van der Waals surface area contributed by atoms with Crippen LogP contribution in [0.4, 0.5) is 5.95 Å². The number of allylic oxidation sites excluding steroid dienone is 1. The average Bonchev–Trinajstić information content (AvgIpc) is 3.14. The van der Waals surface area contributed by atoms with Gasteiger partial charge >= 0.3 is 0 Å². The van der Waals surface area contributed by atoms with Crippen LogP contribution in [0.1, 0.15) is 29.7 Å². The Labute approximate surface area is 157 Å². The number of nitrogens with one attached hydrogen (secondary N) is 2. The Hall–Kier alpha value is -3.48. The molecule has 0 bridgehead atoms. The minimum absolute atomic E-state index is 0.143. The van der Waals surface area contributed by atoms with Gasteiger partial charge in [0.25, 0.3) is 5.91 Å². The van der Waals surface area contributed by atoms with E-state index in [1.54, 1.807) is 4.68 Å². The summed E-state index contributed by atoms with van der Waals surface area (Å²) in [5.74, 6) is 0.383. The van der Waals surface area contributed by atoms with Gasteiger partial charge in [0.05, 0.1) is 5.57 Å². The van der Waals surface area contributed by atoms with Gasteiger partial charge in [-0.3, -0.25) is 4.79 Å². The van der Waals surface area contributed by atoms with Crippen molar-refractivity contribution in [3.05, 3.63) is 82.6 Å². The van der Waals surface area contributed by atoms with E-state index in [1.165, 1.54) is 0 Å². The number of hydrogen-bond donors (Lipinski definition) is 2. The molecule has 1 amide bonds. The number of tetrazole rings is 1. The number of carbonyl (C=O) groups excluding carboxylic acids is 1. The van der Waals surface area contributed by atoms with Crippen LogP contribution in [-0.2, 0) is 11.3 Å². The first-order valence-corrected chi connectivity index (χ1v) is 8.78. The summed E-state index contributed by atoms with van der Waals surface area (Å²) in [6.07, 6.45) is 0. The highest BCUT2D eigenvalue weighted by Crippen LogP contribution is 2.34. The van der Waals surface area contributed by atoms with Gasteiger partial charge in [-0.2, -0.15) is 4.68 Å². The predicted octanol–water partition coefficient (Wildman–Crippen LogP) is 2.59. The Morgan fingerprint density at radius 2 is 1.85 bits per heavy atom. The molecular formula is C20H20N6O. The summed E-state index contributed by atoms with van der Waals surface area (Å²) in [6, 6.07) is 17.5. The Morgan fingerprint density at radius 3 is 2.59 bits per heavy atom. The molecule has 1 aliphatic heterocycles. The first-order chi connectivity index (χ1) is 13.1. The van der Waals surface area contributed by atoms with Crippen LogP contribution < -0.4 is 10.6 Å². The minimum Gasteiger partial charge on any atom is -0.348 e. The summed E-state index contributed by atoms with van der Waals surface area (Å²) in [7, 11) is 0. The fraction of sp³-hybridized carbons (Fsp3) is 0.200. The largest absolute Gasteiger partial charge is 0.348 e. The van der Waals surface area contributed by atoms with Gasteiger partial charge in [0, 0.05) is 12.2 Å². The number of nitrogens with zero attached hydrogens (tertiary/aromatic N) is 4. The molecular weight excluding hydrogens is 340 g/mol. The molecule has 2 aromatic carbocycles. The third-order valence-electron chi connectivity index (χ3n) is 4.65. The molecule has 0 radical (unpaired) electrons. The van der Waals surface area contributed by atoms with Crippen molar-refractivity contribution in [2.75, 3.05) is 5.32 Å². The van der Waals surface area contributed by atoms with E-state index in [2.05, 4.69) is 26.2 Å². The van der Waals surface area contributed by atoms with Gasteiger partial charge in [-0.15, -0.1) is 0 Å². The Morgan fingerprint density at radius 1 is 1.11 bits per heavy atom. The van der Waals surface area contributed by atoms with Gasteiger partial charge in [0.2, 0.25) is 5.95 Å². The smallest absolute Gasteiger partial charge is 0.251 e. The fourth-order valence-corrected chi connectivity index (χ4v) is 3.24. The Balaban J connectivity index is 1.67. The number of carbonyl (C=O) groups is 1. The highest BCUT2D eigenvalue weighted by molar-refractivity contribution is 5.96. The normalized spacial score (nSPS) is 15.9. The highest BCUT2D eigenvalue weighted by Gasteiger charge is 2.33. The van der Waals surface area contributed by atoms with Crippen molar-refractivity contribution in [2.45, 2.75) is 26.4 Å². The van der Waals surface area contributed by atoms with E-state index in [0.717, 1.165) is 22.4 Å². The Bertz CT molecular complexity index is 991. The summed E-state index contributed by atoms with van der Waals surface area (Å²) in [5.41, 5.74) is 4.51. The van der Waals surface area contributed by atoms with Crippen LogP contribution in [0, 0.1) is 6.92 Å². The SMILES string of the molecule is CC1=C(C(=O)NCc2ccccc2)[C@H](c2ccc(C)cc2)n2nnnc2N1. The summed E-state index contributed by atoms with van der Waals surface area (Å²) < 4.78 is 1.65. The first-order valence-electron chi connectivity index (χ1n) is 8.78. The molecule has 7 heteroatoms. The van der Waals surface area contributed by atoms with E-state index < -0.39 is 0 Å². The molecule has 27 heavy (non-hydrogen) atoms. The van der Waals surface area contributed by atoms with Crippen molar-refractivity contribution in [1.29, 1.82) is 0 Å². The van der Waals surface area contributed by atoms with Crippen LogP contribution in [0.15, 0.2) is 65.9 Å². The monoisotopic (exact) mass is 360 g/mol. The molecule has 1 atom stereocenters. The molecule has 3 aromatic rings. The number of hydrogen-bond acceptors (Lipinski definition) is 5. The lowest BCUT2D eigenvalue weighted by Gasteiger charge is -2.28. The molecule has 0 unspecified atom stereocenters. The first kappa shape index (κ1) is 17.0. The van der Waals surface area contributed by atoms with Gasteiger partial charge in [-0.05, 0) is 35.4 Å². The van der Waals surface area contributed by atoms with Crippen molar-refractivity contribution in [2.24, 2.45) is 0 Å². The number of benzene rings is 2. The lowest BCUT2D eigenvalue weighted by molar-refractivity contribution is -0.118. The van der Waals surface area contributed by atoms with Crippen LogP contribution in [-0.4, -0.2) is 26.1 Å². The second kappa shape index (κ2) is 7.03. The zero-order chi connectivity index (χ0) is 18.8. The van der Waals surface area contributed by atoms with Crippen LogP contribution in [0.2, 0.25) is 0 Å². The van der Waals surface area contributed by atoms with Gasteiger partial charge < -0.3 is 10.6 Å². The molecule has 0 aliphatic carbocycles. The minimum atomic E-state index is -0.382. The summed E-state index contributed by atoms with van der Waals surface area (Å²) in [5, 5.41) is 18.0. The topological polar surface area (TPSA) is 84.7 Å². The Kier molecular flexibility index (Phi) is 4.42. The van der Waals surface area contributed by atoms with Crippen LogP contribution in [0.5, 0.6) is 0 Å². The second-order valence-corrected chi connectivity index (χ2v) is 6.59. The maximum atomic E-state index is 13.1. The fourth-order valence-electron chi connectivity index (χ4n) is 3.24. The number of rotatable bonds is 4. The number of aryl methyl sites for hydroxylation is 1. The maximum Gasteiger partial charge on any atom is 0.251 e. The average molecular weight is 360 g/mol. The van der Waals surface area contributed by atoms with Crippen LogP contribution in [0.25, 0.3) is 0 Å². The van der Waals surface area contributed by atoms with E-state index in [-0.39, 0.29) is 11.9 Å². The van der Waals surface area contributed by atoms with Gasteiger partial charge in [-0.1, -0.05) is 65.3 Å². The molecule has 0 fully saturated rings. The third-order valence-corrected chi connectivity index (χ3v) is 4.65. The van der Waals surface area contributed by atoms with Gasteiger partial charge in [0.1, 0.15) is 6.04 Å². The summed E-state index contributed by atoms with van der Waals surface area (Å²) in [6.45, 7) is 4.36. The van der Waals surface area contributed by atoms with Crippen molar-refractivity contribution < 1.29 is 4.79 Å². The van der Waals surface area contributed by atoms with Gasteiger partial charge in [0.15, 0.2) is 0 Å². The van der Waals surface area contributed by atoms with Gasteiger partial charge in [-0.25, -0.2) is 0 Å². The molecule has 2 heterocycles. The molecule has 136 valence electrons. The molecule has 1 aromatic heterocycles. The van der Waals surface area contributed by atoms with Crippen molar-refractivity contribution in [3.8, 4) is 0 Å². The molecule has 1 aliphatic rings. The molecule has 7 nitrogen and oxygen atoms in total.